The number of halogens is 1. The summed E-state index contributed by atoms with van der Waals surface area (Å²) in [6, 6.07) is 12.6. The zero-order valence-electron chi connectivity index (χ0n) is 11.3. The molecule has 0 heterocycles. The molecule has 108 valence electrons. The first kappa shape index (κ1) is 15.3. The van der Waals surface area contributed by atoms with E-state index in [1.54, 1.807) is 6.07 Å². The Kier molecular flexibility index (Phi) is 5.11. The van der Waals surface area contributed by atoms with Crippen molar-refractivity contribution in [2.24, 2.45) is 0 Å². The predicted molar refractivity (Wildman–Crippen MR) is 81.6 cm³/mol. The van der Waals surface area contributed by atoms with Crippen molar-refractivity contribution in [3.63, 3.8) is 0 Å². The molecule has 2 aromatic carbocycles. The molecule has 2 aromatic rings. The van der Waals surface area contributed by atoms with Gasteiger partial charge in [0.25, 0.3) is 0 Å². The van der Waals surface area contributed by atoms with Gasteiger partial charge < -0.3 is 9.47 Å². The van der Waals surface area contributed by atoms with Gasteiger partial charge in [-0.1, -0.05) is 30.3 Å². The van der Waals surface area contributed by atoms with E-state index in [1.807, 2.05) is 30.3 Å². The Labute approximate surface area is 130 Å². The van der Waals surface area contributed by atoms with Gasteiger partial charge in [-0.05, 0) is 33.6 Å². The van der Waals surface area contributed by atoms with Crippen LogP contribution in [0.15, 0.2) is 46.9 Å². The number of carbonyl (C=O) groups is 2. The van der Waals surface area contributed by atoms with Crippen LogP contribution >= 0.6 is 15.9 Å². The van der Waals surface area contributed by atoms with Gasteiger partial charge >= 0.3 is 5.97 Å². The van der Waals surface area contributed by atoms with E-state index in [2.05, 4.69) is 20.7 Å². The third-order valence-electron chi connectivity index (χ3n) is 2.85. The topological polar surface area (TPSA) is 52.6 Å². The van der Waals surface area contributed by atoms with Crippen molar-refractivity contribution in [2.45, 2.75) is 6.61 Å². The van der Waals surface area contributed by atoms with E-state index in [0.717, 1.165) is 5.56 Å². The molecule has 0 aromatic heterocycles. The minimum absolute atomic E-state index is 0.290. The Morgan fingerprint density at radius 1 is 1.24 bits per heavy atom. The van der Waals surface area contributed by atoms with Gasteiger partial charge in [-0.3, -0.25) is 4.79 Å². The number of benzene rings is 2. The monoisotopic (exact) mass is 348 g/mol. The maximum atomic E-state index is 11.5. The fraction of sp³-hybridized carbons (Fsp3) is 0.125. The predicted octanol–water partition coefficient (Wildman–Crippen LogP) is 3.63. The van der Waals surface area contributed by atoms with E-state index >= 15 is 0 Å². The Morgan fingerprint density at radius 3 is 2.57 bits per heavy atom. The molecule has 2 rings (SSSR count). The van der Waals surface area contributed by atoms with E-state index in [4.69, 9.17) is 4.74 Å². The number of rotatable bonds is 5. The van der Waals surface area contributed by atoms with Crippen molar-refractivity contribution >= 4 is 28.2 Å². The van der Waals surface area contributed by atoms with E-state index in [-0.39, 0.29) is 0 Å². The quantitative estimate of drug-likeness (QED) is 0.611. The summed E-state index contributed by atoms with van der Waals surface area (Å²) in [6.45, 7) is 0.331. The first-order chi connectivity index (χ1) is 10.2. The van der Waals surface area contributed by atoms with Crippen LogP contribution < -0.4 is 4.74 Å². The lowest BCUT2D eigenvalue weighted by Crippen LogP contribution is -2.05. The average Bonchev–Trinajstić information content (AvgIpc) is 2.53. The molecule has 5 heteroatoms. The van der Waals surface area contributed by atoms with Crippen LogP contribution in [-0.4, -0.2) is 19.4 Å². The summed E-state index contributed by atoms with van der Waals surface area (Å²) in [6.07, 6.45) is 0.650. The lowest BCUT2D eigenvalue weighted by molar-refractivity contribution is 0.0600. The van der Waals surface area contributed by atoms with Crippen LogP contribution in [-0.2, 0) is 11.3 Å². The molecule has 0 spiro atoms. The molecule has 0 saturated heterocycles. The highest BCUT2D eigenvalue weighted by molar-refractivity contribution is 9.10. The van der Waals surface area contributed by atoms with E-state index in [0.29, 0.717) is 34.2 Å². The summed E-state index contributed by atoms with van der Waals surface area (Å²) < 4.78 is 10.9. The van der Waals surface area contributed by atoms with Crippen molar-refractivity contribution in [2.75, 3.05) is 7.11 Å². The molecular weight excluding hydrogens is 336 g/mol. The molecule has 4 nitrogen and oxygen atoms in total. The lowest BCUT2D eigenvalue weighted by Gasteiger charge is -2.12. The second-order valence-electron chi connectivity index (χ2n) is 4.26. The maximum absolute atomic E-state index is 11.5. The number of aldehydes is 1. The summed E-state index contributed by atoms with van der Waals surface area (Å²) in [5, 5.41) is 0. The largest absolute Gasteiger partial charge is 0.487 e. The van der Waals surface area contributed by atoms with E-state index < -0.39 is 5.97 Å². The maximum Gasteiger partial charge on any atom is 0.337 e. The van der Waals surface area contributed by atoms with Crippen LogP contribution in [0.3, 0.4) is 0 Å². The molecule has 21 heavy (non-hydrogen) atoms. The number of hydrogen-bond donors (Lipinski definition) is 0. The number of esters is 1. The summed E-state index contributed by atoms with van der Waals surface area (Å²) in [4.78, 5) is 22.7. The normalized spacial score (nSPS) is 10.0. The molecule has 0 fully saturated rings. The van der Waals surface area contributed by atoms with Crippen LogP contribution in [0.4, 0.5) is 0 Å². The zero-order valence-corrected chi connectivity index (χ0v) is 12.9. The Hall–Kier alpha value is -2.14. The second kappa shape index (κ2) is 7.04. The number of carbonyl (C=O) groups excluding carboxylic acids is 2. The fourth-order valence-corrected chi connectivity index (χ4v) is 2.41. The highest BCUT2D eigenvalue weighted by Gasteiger charge is 2.15. The molecular formula is C16H13BrO4. The summed E-state index contributed by atoms with van der Waals surface area (Å²) in [5.74, 6) is -0.102. The molecule has 0 unspecified atom stereocenters. The van der Waals surface area contributed by atoms with Crippen LogP contribution in [0, 0.1) is 0 Å². The van der Waals surface area contributed by atoms with Gasteiger partial charge in [-0.15, -0.1) is 0 Å². The molecule has 0 radical (unpaired) electrons. The minimum Gasteiger partial charge on any atom is -0.487 e. The van der Waals surface area contributed by atoms with Gasteiger partial charge in [-0.25, -0.2) is 4.79 Å². The Balaban J connectivity index is 2.27. The van der Waals surface area contributed by atoms with Crippen molar-refractivity contribution in [3.05, 3.63) is 63.6 Å². The third kappa shape index (κ3) is 3.70. The lowest BCUT2D eigenvalue weighted by atomic mass is 10.1. The smallest absolute Gasteiger partial charge is 0.337 e. The SMILES string of the molecule is COC(=O)c1cc(Br)c(OCc2ccccc2)c(C=O)c1. The van der Waals surface area contributed by atoms with Crippen molar-refractivity contribution in [3.8, 4) is 5.75 Å². The third-order valence-corrected chi connectivity index (χ3v) is 3.44. The Morgan fingerprint density at radius 2 is 1.95 bits per heavy atom. The van der Waals surface area contributed by atoms with Gasteiger partial charge in [0.15, 0.2) is 6.29 Å². The average molecular weight is 349 g/mol. The van der Waals surface area contributed by atoms with Gasteiger partial charge in [-0.2, -0.15) is 0 Å². The summed E-state index contributed by atoms with van der Waals surface area (Å²) in [5.41, 5.74) is 1.57. The molecule has 0 amide bonds. The second-order valence-corrected chi connectivity index (χ2v) is 5.11. The van der Waals surface area contributed by atoms with Crippen molar-refractivity contribution in [1.82, 2.24) is 0 Å². The first-order valence-electron chi connectivity index (χ1n) is 6.19. The first-order valence-corrected chi connectivity index (χ1v) is 6.98. The standard InChI is InChI=1S/C16H13BrO4/c1-20-16(19)12-7-13(9-18)15(14(17)8-12)21-10-11-5-3-2-4-6-11/h2-9H,10H2,1H3. The van der Waals surface area contributed by atoms with Gasteiger partial charge in [0, 0.05) is 0 Å². The van der Waals surface area contributed by atoms with Crippen LogP contribution in [0.25, 0.3) is 0 Å². The molecule has 0 aliphatic carbocycles. The molecule has 0 bridgehead atoms. The minimum atomic E-state index is -0.506. The number of hydrogen-bond acceptors (Lipinski definition) is 4. The van der Waals surface area contributed by atoms with Crippen molar-refractivity contribution < 1.29 is 19.1 Å². The molecule has 0 aliphatic heterocycles. The molecule has 0 N–H and O–H groups in total. The summed E-state index contributed by atoms with van der Waals surface area (Å²) >= 11 is 3.32. The molecule has 0 saturated carbocycles. The van der Waals surface area contributed by atoms with Crippen molar-refractivity contribution in [1.29, 1.82) is 0 Å². The molecule has 0 aliphatic rings. The number of ether oxygens (including phenoxy) is 2. The fourth-order valence-electron chi connectivity index (χ4n) is 1.82. The highest BCUT2D eigenvalue weighted by atomic mass is 79.9. The summed E-state index contributed by atoms with van der Waals surface area (Å²) in [7, 11) is 1.29. The van der Waals surface area contributed by atoms with Gasteiger partial charge in [0.2, 0.25) is 0 Å². The van der Waals surface area contributed by atoms with E-state index in [1.165, 1.54) is 13.2 Å². The van der Waals surface area contributed by atoms with Gasteiger partial charge in [0.05, 0.1) is 22.7 Å². The van der Waals surface area contributed by atoms with Crippen LogP contribution in [0.5, 0.6) is 5.75 Å². The van der Waals surface area contributed by atoms with E-state index in [9.17, 15) is 9.59 Å². The van der Waals surface area contributed by atoms with Crippen LogP contribution in [0.1, 0.15) is 26.3 Å². The van der Waals surface area contributed by atoms with Gasteiger partial charge in [0.1, 0.15) is 12.4 Å². The van der Waals surface area contributed by atoms with Crippen LogP contribution in [0.2, 0.25) is 0 Å². The zero-order chi connectivity index (χ0) is 15.2. The Bertz CT molecular complexity index is 653. The molecule has 0 atom stereocenters. The number of methoxy groups -OCH3 is 1. The highest BCUT2D eigenvalue weighted by Crippen LogP contribution is 2.31.